The van der Waals surface area contributed by atoms with Gasteiger partial charge in [-0.05, 0) is 31.4 Å². The Hall–Kier alpha value is -1.04. The third-order valence-electron chi connectivity index (χ3n) is 2.17. The molecule has 0 radical (unpaired) electrons. The Kier molecular flexibility index (Phi) is 1.35. The van der Waals surface area contributed by atoms with Gasteiger partial charge in [0.1, 0.15) is 0 Å². The molecule has 0 N–H and O–H groups in total. The highest BCUT2D eigenvalue weighted by molar-refractivity contribution is 5.63. The Morgan fingerprint density at radius 1 is 1.27 bits per heavy atom. The third kappa shape index (κ3) is 1.09. The SMILES string of the molecule is CC1=Cc2ccc(C)cc2C1.[HH]. The number of allylic oxidation sites excluding steroid dienone is 1. The summed E-state index contributed by atoms with van der Waals surface area (Å²) in [5.74, 6) is 0. The maximum absolute atomic E-state index is 2.28. The summed E-state index contributed by atoms with van der Waals surface area (Å²) in [5.41, 5.74) is 5.74. The van der Waals surface area contributed by atoms with Crippen LogP contribution in [0, 0.1) is 6.92 Å². The van der Waals surface area contributed by atoms with Crippen molar-refractivity contribution in [2.75, 3.05) is 0 Å². The van der Waals surface area contributed by atoms with Gasteiger partial charge in [0.05, 0.1) is 0 Å². The number of fused-ring (bicyclic) bond motifs is 1. The van der Waals surface area contributed by atoms with Crippen LogP contribution in [0.4, 0.5) is 0 Å². The van der Waals surface area contributed by atoms with E-state index in [9.17, 15) is 0 Å². The lowest BCUT2D eigenvalue weighted by Gasteiger charge is -1.98. The zero-order valence-electron chi connectivity index (χ0n) is 7.02. The summed E-state index contributed by atoms with van der Waals surface area (Å²) in [5, 5.41) is 0. The zero-order chi connectivity index (χ0) is 7.84. The molecule has 0 aromatic heterocycles. The molecule has 11 heavy (non-hydrogen) atoms. The first-order valence-corrected chi connectivity index (χ1v) is 4.02. The molecule has 0 bridgehead atoms. The van der Waals surface area contributed by atoms with Crippen molar-refractivity contribution >= 4 is 6.08 Å². The van der Waals surface area contributed by atoms with Crippen molar-refractivity contribution in [1.82, 2.24) is 0 Å². The Morgan fingerprint density at radius 2 is 2.09 bits per heavy atom. The molecule has 0 saturated carbocycles. The van der Waals surface area contributed by atoms with E-state index in [1.165, 1.54) is 22.3 Å². The van der Waals surface area contributed by atoms with Crippen LogP contribution < -0.4 is 0 Å². The third-order valence-corrected chi connectivity index (χ3v) is 2.17. The molecule has 0 fully saturated rings. The van der Waals surface area contributed by atoms with Gasteiger partial charge in [0.2, 0.25) is 0 Å². The standard InChI is InChI=1S/C11H12.H2/c1-8-3-4-10-6-9(2)7-11(10)5-8;/h3-6H,7H2,1-2H3;1H. The van der Waals surface area contributed by atoms with E-state index in [2.05, 4.69) is 38.1 Å². The fourth-order valence-electron chi connectivity index (χ4n) is 1.65. The summed E-state index contributed by atoms with van der Waals surface area (Å²) >= 11 is 0. The largest absolute Gasteiger partial charge is 0.0683 e. The van der Waals surface area contributed by atoms with E-state index in [1.54, 1.807) is 0 Å². The topological polar surface area (TPSA) is 0 Å². The predicted molar refractivity (Wildman–Crippen MR) is 50.6 cm³/mol. The fourth-order valence-corrected chi connectivity index (χ4v) is 1.65. The lowest BCUT2D eigenvalue weighted by Crippen LogP contribution is -1.83. The molecule has 0 amide bonds. The van der Waals surface area contributed by atoms with Gasteiger partial charge in [-0.3, -0.25) is 0 Å². The zero-order valence-corrected chi connectivity index (χ0v) is 7.02. The van der Waals surface area contributed by atoms with Gasteiger partial charge < -0.3 is 0 Å². The molecule has 1 aromatic carbocycles. The predicted octanol–water partition coefficient (Wildman–Crippen LogP) is 3.20. The molecule has 0 nitrogen and oxygen atoms in total. The maximum Gasteiger partial charge on any atom is 0 e. The highest BCUT2D eigenvalue weighted by Gasteiger charge is 2.07. The Bertz CT molecular complexity index is 324. The molecular formula is C11H14. The summed E-state index contributed by atoms with van der Waals surface area (Å²) in [6, 6.07) is 6.66. The van der Waals surface area contributed by atoms with E-state index in [-0.39, 0.29) is 1.43 Å². The molecule has 0 heterocycles. The van der Waals surface area contributed by atoms with Crippen molar-refractivity contribution in [3.8, 4) is 0 Å². The minimum absolute atomic E-state index is 0. The van der Waals surface area contributed by atoms with E-state index in [4.69, 9.17) is 0 Å². The molecule has 0 aliphatic heterocycles. The summed E-state index contributed by atoms with van der Waals surface area (Å²) in [4.78, 5) is 0. The molecule has 58 valence electrons. The van der Waals surface area contributed by atoms with Gasteiger partial charge >= 0.3 is 0 Å². The van der Waals surface area contributed by atoms with Crippen molar-refractivity contribution in [2.45, 2.75) is 20.3 Å². The minimum atomic E-state index is 0. The smallest absolute Gasteiger partial charge is 0 e. The summed E-state index contributed by atoms with van der Waals surface area (Å²) in [6.07, 6.45) is 3.42. The Morgan fingerprint density at radius 3 is 2.91 bits per heavy atom. The first-order chi connectivity index (χ1) is 5.25. The van der Waals surface area contributed by atoms with Crippen LogP contribution in [0.1, 0.15) is 25.0 Å². The number of hydrogen-bond acceptors (Lipinski definition) is 0. The Labute approximate surface area is 69.0 Å². The molecule has 0 spiro atoms. The van der Waals surface area contributed by atoms with Crippen molar-refractivity contribution < 1.29 is 1.43 Å². The van der Waals surface area contributed by atoms with Gasteiger partial charge in [-0.1, -0.05) is 35.4 Å². The second kappa shape index (κ2) is 2.23. The molecule has 1 aliphatic carbocycles. The van der Waals surface area contributed by atoms with Gasteiger partial charge in [-0.15, -0.1) is 0 Å². The van der Waals surface area contributed by atoms with Crippen LogP contribution in [0.15, 0.2) is 23.8 Å². The molecule has 0 heteroatoms. The molecule has 1 aromatic rings. The first kappa shape index (κ1) is 6.66. The van der Waals surface area contributed by atoms with Gasteiger partial charge in [0, 0.05) is 1.43 Å². The Balaban J connectivity index is 0.000000720. The van der Waals surface area contributed by atoms with Crippen molar-refractivity contribution in [1.29, 1.82) is 0 Å². The average Bonchev–Trinajstić information content (AvgIpc) is 2.27. The van der Waals surface area contributed by atoms with Crippen LogP contribution in [-0.2, 0) is 6.42 Å². The van der Waals surface area contributed by atoms with Crippen LogP contribution in [-0.4, -0.2) is 0 Å². The maximum atomic E-state index is 2.28. The number of hydrogen-bond donors (Lipinski definition) is 0. The van der Waals surface area contributed by atoms with Crippen LogP contribution >= 0.6 is 0 Å². The van der Waals surface area contributed by atoms with Crippen LogP contribution in [0.3, 0.4) is 0 Å². The number of benzene rings is 1. The summed E-state index contributed by atoms with van der Waals surface area (Å²) in [6.45, 7) is 4.34. The molecule has 0 atom stereocenters. The van der Waals surface area contributed by atoms with Gasteiger partial charge in [-0.25, -0.2) is 0 Å². The second-order valence-corrected chi connectivity index (χ2v) is 3.37. The normalized spacial score (nSPS) is 14.5. The highest BCUT2D eigenvalue weighted by Crippen LogP contribution is 2.24. The molecular weight excluding hydrogens is 132 g/mol. The summed E-state index contributed by atoms with van der Waals surface area (Å²) in [7, 11) is 0. The van der Waals surface area contributed by atoms with Crippen LogP contribution in [0.5, 0.6) is 0 Å². The van der Waals surface area contributed by atoms with E-state index >= 15 is 0 Å². The first-order valence-electron chi connectivity index (χ1n) is 4.02. The molecule has 1 aliphatic rings. The minimum Gasteiger partial charge on any atom is -0.0683 e. The van der Waals surface area contributed by atoms with E-state index in [0.717, 1.165) is 6.42 Å². The van der Waals surface area contributed by atoms with Gasteiger partial charge in [0.15, 0.2) is 0 Å². The number of aryl methyl sites for hydroxylation is 1. The lowest BCUT2D eigenvalue weighted by molar-refractivity contribution is 1.19. The van der Waals surface area contributed by atoms with E-state index in [0.29, 0.717) is 0 Å². The lowest BCUT2D eigenvalue weighted by atomic mass is 10.1. The van der Waals surface area contributed by atoms with Crippen LogP contribution in [0.25, 0.3) is 6.08 Å². The molecule has 0 saturated heterocycles. The van der Waals surface area contributed by atoms with Crippen molar-refractivity contribution in [3.63, 3.8) is 0 Å². The van der Waals surface area contributed by atoms with E-state index in [1.807, 2.05) is 0 Å². The summed E-state index contributed by atoms with van der Waals surface area (Å²) < 4.78 is 0. The average molecular weight is 146 g/mol. The fraction of sp³-hybridized carbons (Fsp3) is 0.273. The molecule has 0 unspecified atom stereocenters. The quantitative estimate of drug-likeness (QED) is 0.527. The number of rotatable bonds is 0. The molecule has 2 rings (SSSR count). The highest BCUT2D eigenvalue weighted by atomic mass is 14.1. The van der Waals surface area contributed by atoms with Crippen molar-refractivity contribution in [2.24, 2.45) is 0 Å². The monoisotopic (exact) mass is 146 g/mol. The van der Waals surface area contributed by atoms with Crippen LogP contribution in [0.2, 0.25) is 0 Å². The van der Waals surface area contributed by atoms with Gasteiger partial charge in [-0.2, -0.15) is 0 Å². The van der Waals surface area contributed by atoms with E-state index < -0.39 is 0 Å². The second-order valence-electron chi connectivity index (χ2n) is 3.37. The van der Waals surface area contributed by atoms with Crippen molar-refractivity contribution in [3.05, 3.63) is 40.5 Å². The van der Waals surface area contributed by atoms with Gasteiger partial charge in [0.25, 0.3) is 0 Å².